The van der Waals surface area contributed by atoms with Crippen molar-refractivity contribution in [2.24, 2.45) is 29.6 Å². The average Bonchev–Trinajstić information content (AvgIpc) is 3.24. The van der Waals surface area contributed by atoms with Gasteiger partial charge in [0, 0.05) is 13.1 Å². The molecule has 0 unspecified atom stereocenters. The fraction of sp³-hybridized carbons (Fsp3) is 0.619. The Morgan fingerprint density at radius 2 is 1.60 bits per heavy atom. The minimum Gasteiger partial charge on any atom is -0.481 e. The first kappa shape index (κ1) is 16.6. The van der Waals surface area contributed by atoms with E-state index in [1.54, 1.807) is 0 Å². The molecule has 1 aromatic carbocycles. The topological polar surface area (TPSA) is 57.6 Å². The quantitative estimate of drug-likeness (QED) is 0.915. The van der Waals surface area contributed by atoms with Crippen LogP contribution in [-0.4, -0.2) is 35.0 Å². The van der Waals surface area contributed by atoms with E-state index in [-0.39, 0.29) is 17.7 Å². The highest BCUT2D eigenvalue weighted by Crippen LogP contribution is 2.53. The predicted molar refractivity (Wildman–Crippen MR) is 94.9 cm³/mol. The normalized spacial score (nSPS) is 32.1. The fourth-order valence-electron chi connectivity index (χ4n) is 5.52. The number of carboxylic acid groups (broad SMARTS) is 1. The molecule has 4 heteroatoms. The number of hydrogen-bond acceptors (Lipinski definition) is 2. The molecule has 134 valence electrons. The smallest absolute Gasteiger partial charge is 0.307 e. The summed E-state index contributed by atoms with van der Waals surface area (Å²) in [5.41, 5.74) is 1.37. The van der Waals surface area contributed by atoms with E-state index in [9.17, 15) is 14.7 Å². The predicted octanol–water partition coefficient (Wildman–Crippen LogP) is 3.21. The van der Waals surface area contributed by atoms with Gasteiger partial charge in [-0.1, -0.05) is 30.3 Å². The summed E-state index contributed by atoms with van der Waals surface area (Å²) in [7, 11) is 0. The van der Waals surface area contributed by atoms with Gasteiger partial charge in [0.1, 0.15) is 0 Å². The second kappa shape index (κ2) is 6.81. The zero-order chi connectivity index (χ0) is 17.4. The lowest BCUT2D eigenvalue weighted by Gasteiger charge is -2.37. The molecular weight excluding hydrogens is 314 g/mol. The molecular formula is C21H27NO3. The Morgan fingerprint density at radius 1 is 0.960 bits per heavy atom. The third-order valence-corrected chi connectivity index (χ3v) is 6.78. The highest BCUT2D eigenvalue weighted by atomic mass is 16.4. The Bertz CT molecular complexity index is 636. The summed E-state index contributed by atoms with van der Waals surface area (Å²) >= 11 is 0. The van der Waals surface area contributed by atoms with Crippen LogP contribution in [0.5, 0.6) is 0 Å². The molecule has 2 saturated carbocycles. The molecule has 1 amide bonds. The van der Waals surface area contributed by atoms with Crippen LogP contribution in [-0.2, 0) is 16.0 Å². The molecule has 1 N–H and O–H groups in total. The van der Waals surface area contributed by atoms with Crippen LogP contribution in [0.3, 0.4) is 0 Å². The molecule has 0 aromatic heterocycles. The molecule has 25 heavy (non-hydrogen) atoms. The lowest BCUT2D eigenvalue weighted by atomic mass is 9.78. The lowest BCUT2D eigenvalue weighted by molar-refractivity contribution is -0.153. The number of piperidine rings is 1. The molecule has 3 aliphatic rings. The number of benzene rings is 1. The Balaban J connectivity index is 1.36. The van der Waals surface area contributed by atoms with Gasteiger partial charge in [0.15, 0.2) is 0 Å². The summed E-state index contributed by atoms with van der Waals surface area (Å²) < 4.78 is 0. The number of carboxylic acids is 1. The molecule has 1 aliphatic heterocycles. The van der Waals surface area contributed by atoms with E-state index in [0.717, 1.165) is 51.6 Å². The Hall–Kier alpha value is -1.84. The van der Waals surface area contributed by atoms with Crippen LogP contribution in [0.25, 0.3) is 0 Å². The van der Waals surface area contributed by atoms with Crippen molar-refractivity contribution in [1.29, 1.82) is 0 Å². The van der Waals surface area contributed by atoms with Crippen LogP contribution in [0.4, 0.5) is 0 Å². The maximum Gasteiger partial charge on any atom is 0.307 e. The molecule has 1 saturated heterocycles. The van der Waals surface area contributed by atoms with E-state index in [1.165, 1.54) is 5.56 Å². The summed E-state index contributed by atoms with van der Waals surface area (Å²) in [6.07, 6.45) is 6.10. The molecule has 3 fully saturated rings. The van der Waals surface area contributed by atoms with Gasteiger partial charge < -0.3 is 10.0 Å². The number of likely N-dealkylation sites (tertiary alicyclic amines) is 1. The number of amides is 1. The molecule has 0 radical (unpaired) electrons. The molecule has 0 spiro atoms. The van der Waals surface area contributed by atoms with Gasteiger partial charge in [-0.3, -0.25) is 9.59 Å². The van der Waals surface area contributed by atoms with E-state index >= 15 is 0 Å². The van der Waals surface area contributed by atoms with Crippen molar-refractivity contribution in [2.45, 2.75) is 38.5 Å². The van der Waals surface area contributed by atoms with Gasteiger partial charge in [-0.05, 0) is 61.8 Å². The average molecular weight is 341 g/mol. The summed E-state index contributed by atoms with van der Waals surface area (Å²) in [4.78, 5) is 26.7. The van der Waals surface area contributed by atoms with Crippen molar-refractivity contribution < 1.29 is 14.7 Å². The van der Waals surface area contributed by atoms with Crippen molar-refractivity contribution >= 4 is 11.9 Å². The van der Waals surface area contributed by atoms with Gasteiger partial charge in [0.2, 0.25) is 5.91 Å². The molecule has 1 aromatic rings. The number of rotatable bonds is 4. The number of carbonyl (C=O) groups excluding carboxylic acids is 1. The minimum absolute atomic E-state index is 0.123. The largest absolute Gasteiger partial charge is 0.481 e. The second-order valence-corrected chi connectivity index (χ2v) is 8.18. The summed E-state index contributed by atoms with van der Waals surface area (Å²) in [5, 5.41) is 9.59. The molecule has 4 atom stereocenters. The number of carbonyl (C=O) groups is 2. The summed E-state index contributed by atoms with van der Waals surface area (Å²) in [6.45, 7) is 1.58. The van der Waals surface area contributed by atoms with Crippen molar-refractivity contribution in [2.75, 3.05) is 13.1 Å². The summed E-state index contributed by atoms with van der Waals surface area (Å²) in [6, 6.07) is 10.5. The minimum atomic E-state index is -0.760. The van der Waals surface area contributed by atoms with Gasteiger partial charge in [0.25, 0.3) is 0 Å². The number of fused-ring (bicyclic) bond motifs is 2. The first-order valence-electron chi connectivity index (χ1n) is 9.69. The molecule has 4 nitrogen and oxygen atoms in total. The first-order valence-corrected chi connectivity index (χ1v) is 9.69. The Morgan fingerprint density at radius 3 is 2.24 bits per heavy atom. The van der Waals surface area contributed by atoms with Crippen LogP contribution in [0.15, 0.2) is 30.3 Å². The van der Waals surface area contributed by atoms with Crippen molar-refractivity contribution in [1.82, 2.24) is 4.90 Å². The van der Waals surface area contributed by atoms with E-state index in [2.05, 4.69) is 24.3 Å². The lowest BCUT2D eigenvalue weighted by Crippen LogP contribution is -2.46. The molecule has 1 heterocycles. The van der Waals surface area contributed by atoms with Crippen molar-refractivity contribution in [3.63, 3.8) is 0 Å². The van der Waals surface area contributed by atoms with E-state index < -0.39 is 11.9 Å². The zero-order valence-electron chi connectivity index (χ0n) is 14.6. The van der Waals surface area contributed by atoms with Crippen LogP contribution in [0.2, 0.25) is 0 Å². The van der Waals surface area contributed by atoms with Crippen molar-refractivity contribution in [3.8, 4) is 0 Å². The molecule has 2 bridgehead atoms. The SMILES string of the molecule is O=C(O)[C@H]1[C@H]2CC[C@H](C2)[C@@H]1C(=O)N1CCC(Cc2ccccc2)CC1. The van der Waals surface area contributed by atoms with Crippen LogP contribution in [0, 0.1) is 29.6 Å². The second-order valence-electron chi connectivity index (χ2n) is 8.18. The maximum atomic E-state index is 13.0. The zero-order valence-corrected chi connectivity index (χ0v) is 14.6. The van der Waals surface area contributed by atoms with Gasteiger partial charge >= 0.3 is 5.97 Å². The monoisotopic (exact) mass is 341 g/mol. The standard InChI is InChI=1S/C21H27NO3/c23-20(18-16-6-7-17(13-16)19(18)21(24)25)22-10-8-15(9-11-22)12-14-4-2-1-3-5-14/h1-5,15-19H,6-13H2,(H,24,25)/t16-,17+,18+,19+/m1/s1. The highest BCUT2D eigenvalue weighted by Gasteiger charge is 2.54. The Labute approximate surface area is 149 Å². The van der Waals surface area contributed by atoms with E-state index in [0.29, 0.717) is 11.8 Å². The summed E-state index contributed by atoms with van der Waals surface area (Å²) in [5.74, 6) is -0.174. The van der Waals surface area contributed by atoms with E-state index in [1.807, 2.05) is 11.0 Å². The third kappa shape index (κ3) is 3.19. The first-order chi connectivity index (χ1) is 12.1. The van der Waals surface area contributed by atoms with Crippen LogP contribution < -0.4 is 0 Å². The third-order valence-electron chi connectivity index (χ3n) is 6.78. The number of aliphatic carboxylic acids is 1. The van der Waals surface area contributed by atoms with Crippen molar-refractivity contribution in [3.05, 3.63) is 35.9 Å². The van der Waals surface area contributed by atoms with Gasteiger partial charge in [-0.15, -0.1) is 0 Å². The number of nitrogens with zero attached hydrogens (tertiary/aromatic N) is 1. The van der Waals surface area contributed by atoms with Gasteiger partial charge in [-0.25, -0.2) is 0 Å². The molecule has 2 aliphatic carbocycles. The molecule has 4 rings (SSSR count). The highest BCUT2D eigenvalue weighted by molar-refractivity contribution is 5.86. The van der Waals surface area contributed by atoms with Gasteiger partial charge in [-0.2, -0.15) is 0 Å². The van der Waals surface area contributed by atoms with Crippen LogP contribution in [0.1, 0.15) is 37.7 Å². The maximum absolute atomic E-state index is 13.0. The fourth-order valence-corrected chi connectivity index (χ4v) is 5.52. The van der Waals surface area contributed by atoms with E-state index in [4.69, 9.17) is 0 Å². The number of hydrogen-bond donors (Lipinski definition) is 1. The van der Waals surface area contributed by atoms with Gasteiger partial charge in [0.05, 0.1) is 11.8 Å². The van der Waals surface area contributed by atoms with Crippen LogP contribution >= 0.6 is 0 Å². The Kier molecular flexibility index (Phi) is 4.53.